The molecule has 2 aromatic rings. The molecule has 0 saturated carbocycles. The van der Waals surface area contributed by atoms with Crippen LogP contribution in [0.1, 0.15) is 22.0 Å². The maximum Gasteiger partial charge on any atom is 0.252 e. The number of hydrogen-bond donors (Lipinski definition) is 1. The number of pyridine rings is 1. The van der Waals surface area contributed by atoms with Gasteiger partial charge in [-0.3, -0.25) is 9.78 Å². The minimum atomic E-state index is -0.464. The number of nitrogens with two attached hydrogens (primary N) is 1. The number of rotatable bonds is 3. The first-order chi connectivity index (χ1) is 10.6. The van der Waals surface area contributed by atoms with E-state index in [2.05, 4.69) is 31.9 Å². The van der Waals surface area contributed by atoms with Gasteiger partial charge >= 0.3 is 0 Å². The van der Waals surface area contributed by atoms with Crippen molar-refractivity contribution < 1.29 is 9.53 Å². The van der Waals surface area contributed by atoms with Crippen molar-refractivity contribution in [2.45, 2.75) is 6.10 Å². The molecule has 1 amide bonds. The zero-order chi connectivity index (χ0) is 15.5. The second-order valence-electron chi connectivity index (χ2n) is 5.12. The Hall–Kier alpha value is -1.92. The van der Waals surface area contributed by atoms with Crippen molar-refractivity contribution in [2.75, 3.05) is 24.6 Å². The minimum Gasteiger partial charge on any atom is -0.370 e. The quantitative estimate of drug-likeness (QED) is 0.911. The molecule has 5 nitrogen and oxygen atoms in total. The van der Waals surface area contributed by atoms with Crippen molar-refractivity contribution in [3.63, 3.8) is 0 Å². The van der Waals surface area contributed by atoms with Gasteiger partial charge in [0.15, 0.2) is 0 Å². The standard InChI is InChI=1S/C16H16BrN3O2/c17-12-3-1-2-11(8-12)15-10-20(6-7-22-15)14-4-5-19-9-13(14)16(18)21/h1-5,8-9,15H,6-7,10H2,(H2,18,21). The topological polar surface area (TPSA) is 68.5 Å². The van der Waals surface area contributed by atoms with Crippen molar-refractivity contribution in [1.29, 1.82) is 0 Å². The van der Waals surface area contributed by atoms with Gasteiger partial charge in [0.2, 0.25) is 0 Å². The van der Waals surface area contributed by atoms with E-state index in [1.54, 1.807) is 6.20 Å². The lowest BCUT2D eigenvalue weighted by Gasteiger charge is -2.35. The lowest BCUT2D eigenvalue weighted by atomic mass is 10.1. The molecule has 2 N–H and O–H groups in total. The number of hydrogen-bond acceptors (Lipinski definition) is 4. The highest BCUT2D eigenvalue weighted by Gasteiger charge is 2.24. The number of morpholine rings is 1. The fraction of sp³-hybridized carbons (Fsp3) is 0.250. The number of nitrogens with zero attached hydrogens (tertiary/aromatic N) is 2. The summed E-state index contributed by atoms with van der Waals surface area (Å²) in [4.78, 5) is 17.7. The Labute approximate surface area is 137 Å². The molecule has 1 aromatic heterocycles. The number of carbonyl (C=O) groups is 1. The number of aromatic nitrogens is 1. The van der Waals surface area contributed by atoms with E-state index in [0.717, 1.165) is 22.3 Å². The van der Waals surface area contributed by atoms with E-state index in [9.17, 15) is 4.79 Å². The number of benzene rings is 1. The van der Waals surface area contributed by atoms with Crippen LogP contribution >= 0.6 is 15.9 Å². The molecule has 1 aliphatic heterocycles. The molecule has 1 saturated heterocycles. The summed E-state index contributed by atoms with van der Waals surface area (Å²) < 4.78 is 6.90. The molecule has 1 aliphatic rings. The van der Waals surface area contributed by atoms with Crippen LogP contribution in [0, 0.1) is 0 Å². The van der Waals surface area contributed by atoms with Crippen LogP contribution < -0.4 is 10.6 Å². The lowest BCUT2D eigenvalue weighted by molar-refractivity contribution is 0.0397. The smallest absolute Gasteiger partial charge is 0.252 e. The molecule has 1 unspecified atom stereocenters. The molecule has 0 aliphatic carbocycles. The zero-order valence-corrected chi connectivity index (χ0v) is 13.5. The molecule has 0 spiro atoms. The molecule has 3 rings (SSSR count). The molecule has 6 heteroatoms. The van der Waals surface area contributed by atoms with E-state index in [1.807, 2.05) is 24.3 Å². The van der Waals surface area contributed by atoms with Crippen molar-refractivity contribution >= 4 is 27.5 Å². The minimum absolute atomic E-state index is 0.0415. The first-order valence-corrected chi connectivity index (χ1v) is 7.80. The van der Waals surface area contributed by atoms with Gasteiger partial charge in [0, 0.05) is 30.0 Å². The highest BCUT2D eigenvalue weighted by Crippen LogP contribution is 2.29. The number of halogens is 1. The highest BCUT2D eigenvalue weighted by molar-refractivity contribution is 9.10. The summed E-state index contributed by atoms with van der Waals surface area (Å²) in [5, 5.41) is 0. The van der Waals surface area contributed by atoms with Crippen LogP contribution in [-0.2, 0) is 4.74 Å². The number of primary amides is 1. The van der Waals surface area contributed by atoms with E-state index in [0.29, 0.717) is 18.7 Å². The van der Waals surface area contributed by atoms with Gasteiger partial charge < -0.3 is 15.4 Å². The third-order valence-electron chi connectivity index (χ3n) is 3.69. The second-order valence-corrected chi connectivity index (χ2v) is 6.03. The predicted octanol–water partition coefficient (Wildman–Crippen LogP) is 2.52. The summed E-state index contributed by atoms with van der Waals surface area (Å²) in [5.41, 5.74) is 7.80. The van der Waals surface area contributed by atoms with Gasteiger partial charge in [0.1, 0.15) is 6.10 Å². The third kappa shape index (κ3) is 3.13. The SMILES string of the molecule is NC(=O)c1cnccc1N1CCOC(c2cccc(Br)c2)C1. The molecule has 1 fully saturated rings. The van der Waals surface area contributed by atoms with Gasteiger partial charge in [-0.15, -0.1) is 0 Å². The molecule has 0 radical (unpaired) electrons. The van der Waals surface area contributed by atoms with Gasteiger partial charge in [-0.2, -0.15) is 0 Å². The first-order valence-electron chi connectivity index (χ1n) is 7.01. The first kappa shape index (κ1) is 15.0. The van der Waals surface area contributed by atoms with Gasteiger partial charge in [0.05, 0.1) is 17.9 Å². The average molecular weight is 362 g/mol. The van der Waals surface area contributed by atoms with Crippen molar-refractivity contribution in [3.05, 3.63) is 58.3 Å². The molecule has 22 heavy (non-hydrogen) atoms. The molecule has 0 bridgehead atoms. The van der Waals surface area contributed by atoms with E-state index >= 15 is 0 Å². The highest BCUT2D eigenvalue weighted by atomic mass is 79.9. The van der Waals surface area contributed by atoms with Crippen LogP contribution in [0.5, 0.6) is 0 Å². The summed E-state index contributed by atoms with van der Waals surface area (Å²) in [6.45, 7) is 1.98. The Morgan fingerprint density at radius 1 is 1.41 bits per heavy atom. The van der Waals surface area contributed by atoms with Crippen LogP contribution in [0.3, 0.4) is 0 Å². The van der Waals surface area contributed by atoms with E-state index < -0.39 is 5.91 Å². The molecular weight excluding hydrogens is 346 g/mol. The van der Waals surface area contributed by atoms with Gasteiger partial charge in [-0.1, -0.05) is 28.1 Å². The molecule has 2 heterocycles. The number of anilines is 1. The Balaban J connectivity index is 1.86. The third-order valence-corrected chi connectivity index (χ3v) is 4.18. The monoisotopic (exact) mass is 361 g/mol. The fourth-order valence-electron chi connectivity index (χ4n) is 2.63. The summed E-state index contributed by atoms with van der Waals surface area (Å²) in [6.07, 6.45) is 3.15. The van der Waals surface area contributed by atoms with Crippen LogP contribution in [0.15, 0.2) is 47.2 Å². The van der Waals surface area contributed by atoms with E-state index in [4.69, 9.17) is 10.5 Å². The van der Waals surface area contributed by atoms with E-state index in [1.165, 1.54) is 6.20 Å². The van der Waals surface area contributed by atoms with Crippen molar-refractivity contribution in [1.82, 2.24) is 4.98 Å². The molecule has 1 aromatic carbocycles. The number of carbonyl (C=O) groups excluding carboxylic acids is 1. The largest absolute Gasteiger partial charge is 0.370 e. The summed E-state index contributed by atoms with van der Waals surface area (Å²) >= 11 is 3.48. The van der Waals surface area contributed by atoms with Crippen LogP contribution in [-0.4, -0.2) is 30.6 Å². The van der Waals surface area contributed by atoms with E-state index in [-0.39, 0.29) is 6.10 Å². The van der Waals surface area contributed by atoms with Gasteiger partial charge in [0.25, 0.3) is 5.91 Å². The predicted molar refractivity (Wildman–Crippen MR) is 87.8 cm³/mol. The van der Waals surface area contributed by atoms with Gasteiger partial charge in [-0.05, 0) is 23.8 Å². The average Bonchev–Trinajstić information content (AvgIpc) is 2.55. The molecule has 114 valence electrons. The zero-order valence-electron chi connectivity index (χ0n) is 11.9. The summed E-state index contributed by atoms with van der Waals surface area (Å²) in [7, 11) is 0. The normalized spacial score (nSPS) is 18.2. The Morgan fingerprint density at radius 2 is 2.27 bits per heavy atom. The summed E-state index contributed by atoms with van der Waals surface area (Å²) in [5.74, 6) is -0.464. The summed E-state index contributed by atoms with van der Waals surface area (Å²) in [6, 6.07) is 9.89. The van der Waals surface area contributed by atoms with Crippen LogP contribution in [0.2, 0.25) is 0 Å². The van der Waals surface area contributed by atoms with Crippen LogP contribution in [0.4, 0.5) is 5.69 Å². The molecular formula is C16H16BrN3O2. The second kappa shape index (κ2) is 6.46. The Bertz CT molecular complexity index is 693. The lowest BCUT2D eigenvalue weighted by Crippen LogP contribution is -2.39. The maximum atomic E-state index is 11.6. The Kier molecular flexibility index (Phi) is 4.40. The number of amides is 1. The van der Waals surface area contributed by atoms with Crippen molar-refractivity contribution in [3.8, 4) is 0 Å². The number of ether oxygens (including phenoxy) is 1. The van der Waals surface area contributed by atoms with Crippen LogP contribution in [0.25, 0.3) is 0 Å². The Morgan fingerprint density at radius 3 is 3.05 bits per heavy atom. The van der Waals surface area contributed by atoms with Crippen molar-refractivity contribution in [2.24, 2.45) is 5.73 Å². The maximum absolute atomic E-state index is 11.6. The van der Waals surface area contributed by atoms with Gasteiger partial charge in [-0.25, -0.2) is 0 Å². The molecule has 1 atom stereocenters. The fourth-order valence-corrected chi connectivity index (χ4v) is 3.05.